The molecule has 2 aliphatic rings. The minimum atomic E-state index is 0.343. The molecule has 1 aliphatic carbocycles. The average Bonchev–Trinajstić information content (AvgIpc) is 3.17. The molecule has 1 heterocycles. The van der Waals surface area contributed by atoms with E-state index in [4.69, 9.17) is 4.74 Å². The first-order chi connectivity index (χ1) is 10.4. The van der Waals surface area contributed by atoms with Crippen LogP contribution in [0.25, 0.3) is 0 Å². The highest BCUT2D eigenvalue weighted by Gasteiger charge is 2.22. The van der Waals surface area contributed by atoms with Crippen LogP contribution in [0.3, 0.4) is 0 Å². The van der Waals surface area contributed by atoms with Crippen molar-refractivity contribution in [3.8, 4) is 0 Å². The van der Waals surface area contributed by atoms with Gasteiger partial charge < -0.3 is 15.4 Å². The van der Waals surface area contributed by atoms with Crippen LogP contribution in [0.2, 0.25) is 0 Å². The maximum absolute atomic E-state index is 5.63. The molecule has 0 aromatic heterocycles. The number of rotatable bonds is 4. The second kappa shape index (κ2) is 6.94. The van der Waals surface area contributed by atoms with Crippen molar-refractivity contribution in [2.24, 2.45) is 4.99 Å². The number of hydrogen-bond acceptors (Lipinski definition) is 2. The lowest BCUT2D eigenvalue weighted by Gasteiger charge is -2.18. The van der Waals surface area contributed by atoms with Crippen molar-refractivity contribution < 1.29 is 4.74 Å². The first-order valence-electron chi connectivity index (χ1n) is 8.00. The monoisotopic (exact) mass is 287 g/mol. The van der Waals surface area contributed by atoms with Gasteiger partial charge in [-0.05, 0) is 36.8 Å². The van der Waals surface area contributed by atoms with Gasteiger partial charge in [0.05, 0.1) is 6.10 Å². The van der Waals surface area contributed by atoms with Gasteiger partial charge in [0, 0.05) is 32.7 Å². The highest BCUT2D eigenvalue weighted by molar-refractivity contribution is 5.79. The first-order valence-corrected chi connectivity index (χ1v) is 8.00. The van der Waals surface area contributed by atoms with Crippen molar-refractivity contribution in [3.05, 3.63) is 35.4 Å². The van der Waals surface area contributed by atoms with Gasteiger partial charge in [0.1, 0.15) is 0 Å². The number of guanidine groups is 1. The predicted molar refractivity (Wildman–Crippen MR) is 85.8 cm³/mol. The Kier molecular flexibility index (Phi) is 4.76. The zero-order valence-electron chi connectivity index (χ0n) is 12.8. The van der Waals surface area contributed by atoms with E-state index in [0.717, 1.165) is 32.1 Å². The fourth-order valence-corrected chi connectivity index (χ4v) is 3.31. The van der Waals surface area contributed by atoms with Crippen LogP contribution in [0.4, 0.5) is 0 Å². The SMILES string of the molecule is CN=C(NCC1CCCO1)NCC1CCc2ccccc21. The lowest BCUT2D eigenvalue weighted by atomic mass is 10.0. The van der Waals surface area contributed by atoms with Crippen molar-refractivity contribution in [3.63, 3.8) is 0 Å². The zero-order valence-corrected chi connectivity index (χ0v) is 12.8. The van der Waals surface area contributed by atoms with E-state index in [2.05, 4.69) is 39.9 Å². The Morgan fingerprint density at radius 3 is 2.90 bits per heavy atom. The Hall–Kier alpha value is -1.55. The summed E-state index contributed by atoms with van der Waals surface area (Å²) in [6.07, 6.45) is 5.10. The first kappa shape index (κ1) is 14.4. The van der Waals surface area contributed by atoms with Crippen LogP contribution in [-0.2, 0) is 11.2 Å². The largest absolute Gasteiger partial charge is 0.376 e. The highest BCUT2D eigenvalue weighted by Crippen LogP contribution is 2.32. The van der Waals surface area contributed by atoms with Gasteiger partial charge in [-0.1, -0.05) is 24.3 Å². The molecule has 0 spiro atoms. The summed E-state index contributed by atoms with van der Waals surface area (Å²) in [6.45, 7) is 2.69. The van der Waals surface area contributed by atoms with E-state index >= 15 is 0 Å². The summed E-state index contributed by atoms with van der Waals surface area (Å²) in [6, 6.07) is 8.79. The number of benzene rings is 1. The zero-order chi connectivity index (χ0) is 14.5. The number of nitrogens with zero attached hydrogens (tertiary/aromatic N) is 1. The van der Waals surface area contributed by atoms with Crippen LogP contribution in [0, 0.1) is 0 Å². The molecule has 21 heavy (non-hydrogen) atoms. The quantitative estimate of drug-likeness (QED) is 0.658. The fourth-order valence-electron chi connectivity index (χ4n) is 3.31. The van der Waals surface area contributed by atoms with Crippen LogP contribution in [0.5, 0.6) is 0 Å². The van der Waals surface area contributed by atoms with Crippen molar-refractivity contribution in [2.75, 3.05) is 26.7 Å². The number of aryl methyl sites for hydroxylation is 1. The average molecular weight is 287 g/mol. The number of fused-ring (bicyclic) bond motifs is 1. The second-order valence-corrected chi connectivity index (χ2v) is 5.90. The van der Waals surface area contributed by atoms with Crippen LogP contribution in [-0.4, -0.2) is 38.8 Å². The Morgan fingerprint density at radius 2 is 2.10 bits per heavy atom. The van der Waals surface area contributed by atoms with Gasteiger partial charge in [-0.3, -0.25) is 4.99 Å². The van der Waals surface area contributed by atoms with E-state index in [9.17, 15) is 0 Å². The summed E-state index contributed by atoms with van der Waals surface area (Å²) in [4.78, 5) is 4.30. The van der Waals surface area contributed by atoms with Crippen molar-refractivity contribution in [1.29, 1.82) is 0 Å². The van der Waals surface area contributed by atoms with Gasteiger partial charge in [-0.25, -0.2) is 0 Å². The minimum absolute atomic E-state index is 0.343. The molecule has 2 unspecified atom stereocenters. The van der Waals surface area contributed by atoms with Crippen LogP contribution in [0.1, 0.15) is 36.3 Å². The van der Waals surface area contributed by atoms with Crippen molar-refractivity contribution in [2.45, 2.75) is 37.7 Å². The standard InChI is InChI=1S/C17H25N3O/c1-18-17(20-12-15-6-4-10-21-15)19-11-14-9-8-13-5-2-3-7-16(13)14/h2-3,5,7,14-15H,4,6,8-12H2,1H3,(H2,18,19,20). The molecule has 114 valence electrons. The molecule has 0 amide bonds. The predicted octanol–water partition coefficient (Wildman–Crippen LogP) is 2.06. The summed E-state index contributed by atoms with van der Waals surface area (Å²) >= 11 is 0. The molecule has 2 N–H and O–H groups in total. The topological polar surface area (TPSA) is 45.7 Å². The summed E-state index contributed by atoms with van der Waals surface area (Å²) in [5, 5.41) is 6.83. The molecule has 1 aromatic carbocycles. The Bertz CT molecular complexity index is 495. The molecule has 0 radical (unpaired) electrons. The molecule has 4 heteroatoms. The molecule has 1 aromatic rings. The number of hydrogen-bond donors (Lipinski definition) is 2. The summed E-state index contributed by atoms with van der Waals surface area (Å²) in [5.41, 5.74) is 3.01. The van der Waals surface area contributed by atoms with Gasteiger partial charge >= 0.3 is 0 Å². The molecule has 2 atom stereocenters. The minimum Gasteiger partial charge on any atom is -0.376 e. The third-order valence-corrected chi connectivity index (χ3v) is 4.52. The smallest absolute Gasteiger partial charge is 0.191 e. The molecule has 3 rings (SSSR count). The van der Waals surface area contributed by atoms with Gasteiger partial charge in [-0.2, -0.15) is 0 Å². The lowest BCUT2D eigenvalue weighted by Crippen LogP contribution is -2.42. The molecule has 4 nitrogen and oxygen atoms in total. The van der Waals surface area contributed by atoms with Crippen LogP contribution >= 0.6 is 0 Å². The number of aliphatic imine (C=N–C) groups is 1. The summed E-state index contributed by atoms with van der Waals surface area (Å²) in [7, 11) is 1.83. The normalized spacial score (nSPS) is 24.9. The van der Waals surface area contributed by atoms with Crippen LogP contribution in [0.15, 0.2) is 29.3 Å². The van der Waals surface area contributed by atoms with Crippen LogP contribution < -0.4 is 10.6 Å². The van der Waals surface area contributed by atoms with E-state index in [1.54, 1.807) is 0 Å². The molecule has 1 fully saturated rings. The third kappa shape index (κ3) is 3.56. The molecular weight excluding hydrogens is 262 g/mol. The number of ether oxygens (including phenoxy) is 1. The molecule has 0 saturated carbocycles. The maximum Gasteiger partial charge on any atom is 0.191 e. The second-order valence-electron chi connectivity index (χ2n) is 5.90. The van der Waals surface area contributed by atoms with Gasteiger partial charge in [0.15, 0.2) is 5.96 Å². The molecule has 0 bridgehead atoms. The van der Waals surface area contributed by atoms with E-state index in [0.29, 0.717) is 12.0 Å². The lowest BCUT2D eigenvalue weighted by molar-refractivity contribution is 0.114. The Labute approximate surface area is 127 Å². The van der Waals surface area contributed by atoms with Gasteiger partial charge in [-0.15, -0.1) is 0 Å². The third-order valence-electron chi connectivity index (χ3n) is 4.52. The molecule has 1 aliphatic heterocycles. The van der Waals surface area contributed by atoms with E-state index in [1.807, 2.05) is 7.05 Å². The van der Waals surface area contributed by atoms with E-state index in [1.165, 1.54) is 30.4 Å². The van der Waals surface area contributed by atoms with Crippen molar-refractivity contribution in [1.82, 2.24) is 10.6 Å². The maximum atomic E-state index is 5.63. The molecular formula is C17H25N3O. The van der Waals surface area contributed by atoms with Crippen molar-refractivity contribution >= 4 is 5.96 Å². The number of nitrogens with one attached hydrogen (secondary N) is 2. The fraction of sp³-hybridized carbons (Fsp3) is 0.588. The van der Waals surface area contributed by atoms with Gasteiger partial charge in [0.2, 0.25) is 0 Å². The Morgan fingerprint density at radius 1 is 1.24 bits per heavy atom. The van der Waals surface area contributed by atoms with E-state index in [-0.39, 0.29) is 0 Å². The highest BCUT2D eigenvalue weighted by atomic mass is 16.5. The summed E-state index contributed by atoms with van der Waals surface area (Å²) in [5.74, 6) is 1.48. The Balaban J connectivity index is 1.47. The van der Waals surface area contributed by atoms with E-state index < -0.39 is 0 Å². The molecule has 1 saturated heterocycles. The van der Waals surface area contributed by atoms with Gasteiger partial charge in [0.25, 0.3) is 0 Å². The summed E-state index contributed by atoms with van der Waals surface area (Å²) < 4.78 is 5.63.